The van der Waals surface area contributed by atoms with Crippen LogP contribution < -0.4 is 0 Å². The summed E-state index contributed by atoms with van der Waals surface area (Å²) in [6.45, 7) is 0.246. The van der Waals surface area contributed by atoms with E-state index in [0.29, 0.717) is 87.9 Å². The van der Waals surface area contributed by atoms with Gasteiger partial charge in [-0.1, -0.05) is 0 Å². The lowest BCUT2D eigenvalue weighted by Crippen LogP contribution is -2.58. The monoisotopic (exact) mass is 1210 g/mol. The summed E-state index contributed by atoms with van der Waals surface area (Å²) in [5.74, 6) is -11.1. The fourth-order valence-electron chi connectivity index (χ4n) is 22.9. The van der Waals surface area contributed by atoms with E-state index < -0.39 is 164 Å². The number of hydrogen-bond donors (Lipinski definition) is 2. The molecule has 0 heterocycles. The highest BCUT2D eigenvalue weighted by molar-refractivity contribution is 5.87. The zero-order valence-electron chi connectivity index (χ0n) is 50.6. The average molecular weight is 1220 g/mol. The van der Waals surface area contributed by atoms with E-state index in [9.17, 15) is 53.4 Å². The second-order valence-electron chi connectivity index (χ2n) is 31.3. The van der Waals surface area contributed by atoms with Crippen molar-refractivity contribution in [2.24, 2.45) is 142 Å². The van der Waals surface area contributed by atoms with Crippen molar-refractivity contribution in [3.63, 3.8) is 0 Å². The Balaban J connectivity index is 0.685. The SMILES string of the molecule is CC1(OC(=O)COC(=O)C2C3CCC(C3)C2C(=O)OCC(COCOC2C3CCC(C3)C2C(=O)O)(COC(=O)C2C3CCC(C3)C2C(=O)O)COC(=O)C2C3CCC(C3)C2C(=O)OCC(=O)OC2(C)C3CC4CC(C3)CC2C4)C2CC3CC(C2)CC1C3. The van der Waals surface area contributed by atoms with E-state index in [1.807, 2.05) is 13.8 Å². The minimum atomic E-state index is -1.71. The lowest BCUT2D eigenvalue weighted by atomic mass is 9.50. The summed E-state index contributed by atoms with van der Waals surface area (Å²) < 4.78 is 55.1. The molecule has 20 nitrogen and oxygen atoms in total. The van der Waals surface area contributed by atoms with Gasteiger partial charge in [0.2, 0.25) is 0 Å². The van der Waals surface area contributed by atoms with Gasteiger partial charge in [-0.05, 0) is 250 Å². The molecule has 16 bridgehead atoms. The molecule has 16 aliphatic carbocycles. The highest BCUT2D eigenvalue weighted by Crippen LogP contribution is 2.62. The Morgan fingerprint density at radius 2 is 0.667 bits per heavy atom. The summed E-state index contributed by atoms with van der Waals surface area (Å²) in [6, 6.07) is 0. The van der Waals surface area contributed by atoms with E-state index >= 15 is 0 Å². The minimum absolute atomic E-state index is 0.00547. The van der Waals surface area contributed by atoms with Crippen molar-refractivity contribution in [3.8, 4) is 0 Å². The molecule has 0 spiro atoms. The van der Waals surface area contributed by atoms with Crippen molar-refractivity contribution >= 4 is 53.7 Å². The molecule has 0 aromatic heterocycles. The third kappa shape index (κ3) is 10.8. The molecule has 16 unspecified atom stereocenters. The van der Waals surface area contributed by atoms with E-state index in [0.717, 1.165) is 64.2 Å². The minimum Gasteiger partial charge on any atom is -0.481 e. The van der Waals surface area contributed by atoms with Crippen LogP contribution in [0.1, 0.15) is 155 Å². The van der Waals surface area contributed by atoms with Crippen LogP contribution in [0.15, 0.2) is 0 Å². The van der Waals surface area contributed by atoms with Crippen molar-refractivity contribution in [3.05, 3.63) is 0 Å². The van der Waals surface area contributed by atoms with E-state index in [1.165, 1.54) is 12.8 Å². The Hall–Kier alpha value is -4.85. The van der Waals surface area contributed by atoms with Crippen LogP contribution in [0, 0.1) is 142 Å². The highest BCUT2D eigenvalue weighted by atomic mass is 16.7. The second kappa shape index (κ2) is 23.1. The van der Waals surface area contributed by atoms with E-state index in [4.69, 9.17) is 42.6 Å². The molecule has 16 saturated carbocycles. The van der Waals surface area contributed by atoms with Gasteiger partial charge in [-0.15, -0.1) is 0 Å². The molecule has 2 N–H and O–H groups in total. The highest BCUT2D eigenvalue weighted by Gasteiger charge is 2.62. The number of ether oxygens (including phenoxy) is 9. The largest absolute Gasteiger partial charge is 0.481 e. The third-order valence-electron chi connectivity index (χ3n) is 26.7. The van der Waals surface area contributed by atoms with Gasteiger partial charge in [0, 0.05) is 0 Å². The summed E-state index contributed by atoms with van der Waals surface area (Å²) in [5.41, 5.74) is -2.96. The van der Waals surface area contributed by atoms with Crippen LogP contribution in [0.4, 0.5) is 0 Å². The van der Waals surface area contributed by atoms with Crippen LogP contribution in [-0.4, -0.2) is 128 Å². The molecule has 16 fully saturated rings. The summed E-state index contributed by atoms with van der Waals surface area (Å²) in [6.07, 6.45) is 18.0. The lowest BCUT2D eigenvalue weighted by Gasteiger charge is -2.59. The van der Waals surface area contributed by atoms with Gasteiger partial charge in [-0.25, -0.2) is 9.59 Å². The van der Waals surface area contributed by atoms with Gasteiger partial charge in [-0.2, -0.15) is 0 Å². The zero-order chi connectivity index (χ0) is 60.4. The number of carboxylic acid groups (broad SMARTS) is 2. The van der Waals surface area contributed by atoms with Crippen molar-refractivity contribution in [2.75, 3.05) is 46.4 Å². The molecule has 16 rings (SSSR count). The van der Waals surface area contributed by atoms with Crippen LogP contribution in [0.25, 0.3) is 0 Å². The van der Waals surface area contributed by atoms with Crippen molar-refractivity contribution in [1.29, 1.82) is 0 Å². The Morgan fingerprint density at radius 1 is 0.368 bits per heavy atom. The summed E-state index contributed by atoms with van der Waals surface area (Å²) in [4.78, 5) is 125. The smallest absolute Gasteiger partial charge is 0.344 e. The van der Waals surface area contributed by atoms with Crippen molar-refractivity contribution in [1.82, 2.24) is 0 Å². The molecule has 0 aliphatic heterocycles. The Kier molecular flexibility index (Phi) is 15.9. The number of hydrogen-bond acceptors (Lipinski definition) is 18. The standard InChI is InChI=1S/C67H90O20/c1-65(44-13-32-11-33(15-44)16-45(65)14-32)86-48(68)25-80-60(74)52-38-5-7-40(22-38)54(52)63(77)83-29-67(27-79-31-85-57-43-10-9-42(24-43)56(57)59(72)73,28-82-62(76)51-37-4-3-36(21-37)50(51)58(70)71)30-84-64(78)55-41-8-6-39(23-41)53(55)61(75)81-26-49(69)87-66(2)46-17-34-12-35(19-46)20-47(66)18-34/h32-47,50-57H,3-31H2,1-2H3,(H,70,71)(H,72,73). The molecule has 0 radical (unpaired) electrons. The summed E-state index contributed by atoms with van der Waals surface area (Å²) >= 11 is 0. The Labute approximate surface area is 508 Å². The van der Waals surface area contributed by atoms with Crippen molar-refractivity contribution in [2.45, 2.75) is 172 Å². The predicted octanol–water partition coefficient (Wildman–Crippen LogP) is 7.77. The van der Waals surface area contributed by atoms with Crippen LogP contribution in [0.2, 0.25) is 0 Å². The third-order valence-corrected chi connectivity index (χ3v) is 26.7. The number of carbonyl (C=O) groups is 9. The molecule has 0 aromatic carbocycles. The number of rotatable bonds is 24. The van der Waals surface area contributed by atoms with Gasteiger partial charge >= 0.3 is 53.7 Å². The number of esters is 7. The zero-order valence-corrected chi connectivity index (χ0v) is 50.6. The Morgan fingerprint density at radius 3 is 1.02 bits per heavy atom. The molecule has 87 heavy (non-hydrogen) atoms. The number of aliphatic carboxylic acids is 2. The Bertz CT molecular complexity index is 2570. The topological polar surface area (TPSA) is 277 Å². The van der Waals surface area contributed by atoms with Gasteiger partial charge in [0.25, 0.3) is 0 Å². The first-order chi connectivity index (χ1) is 41.7. The predicted molar refractivity (Wildman–Crippen MR) is 299 cm³/mol. The normalized spacial score (nSPS) is 45.4. The molecule has 0 amide bonds. The first-order valence-electron chi connectivity index (χ1n) is 33.7. The maximum Gasteiger partial charge on any atom is 0.344 e. The van der Waals surface area contributed by atoms with Gasteiger partial charge in [-0.3, -0.25) is 33.6 Å². The van der Waals surface area contributed by atoms with Gasteiger partial charge in [0.1, 0.15) is 37.8 Å². The van der Waals surface area contributed by atoms with Crippen LogP contribution in [0.3, 0.4) is 0 Å². The van der Waals surface area contributed by atoms with E-state index in [2.05, 4.69) is 0 Å². The van der Waals surface area contributed by atoms with E-state index in [1.54, 1.807) is 0 Å². The molecule has 0 aromatic rings. The number of fused-ring (bicyclic) bond motifs is 8. The summed E-state index contributed by atoms with van der Waals surface area (Å²) in [5, 5.41) is 20.6. The van der Waals surface area contributed by atoms with Gasteiger partial charge in [0.15, 0.2) is 13.2 Å². The molecule has 478 valence electrons. The quantitative estimate of drug-likeness (QED) is 0.0404. The van der Waals surface area contributed by atoms with Crippen LogP contribution in [0.5, 0.6) is 0 Å². The first-order valence-corrected chi connectivity index (χ1v) is 33.7. The fraction of sp³-hybridized carbons (Fsp3) is 0.866. The number of carbonyl (C=O) groups excluding carboxylic acids is 7. The maximum atomic E-state index is 14.9. The van der Waals surface area contributed by atoms with Crippen LogP contribution >= 0.6 is 0 Å². The fourth-order valence-corrected chi connectivity index (χ4v) is 22.9. The lowest BCUT2D eigenvalue weighted by molar-refractivity contribution is -0.208. The molecular formula is C67H90O20. The van der Waals surface area contributed by atoms with E-state index in [-0.39, 0.29) is 71.0 Å². The van der Waals surface area contributed by atoms with Crippen LogP contribution in [-0.2, 0) is 85.8 Å². The molecule has 16 aliphatic rings. The maximum absolute atomic E-state index is 14.9. The van der Waals surface area contributed by atoms with Gasteiger partial charge < -0.3 is 52.8 Å². The summed E-state index contributed by atoms with van der Waals surface area (Å²) in [7, 11) is 0. The second-order valence-corrected chi connectivity index (χ2v) is 31.3. The molecular weight excluding hydrogens is 1120 g/mol. The first kappa shape index (κ1) is 59.8. The average Bonchev–Trinajstić information content (AvgIpc) is 1.79. The van der Waals surface area contributed by atoms with Gasteiger partial charge in [0.05, 0.1) is 59.6 Å². The van der Waals surface area contributed by atoms with Crippen molar-refractivity contribution < 1.29 is 96.0 Å². The molecule has 16 atom stereocenters. The molecule has 20 heteroatoms. The number of carboxylic acids is 2. The molecule has 0 saturated heterocycles.